The van der Waals surface area contributed by atoms with E-state index in [9.17, 15) is 9.59 Å². The van der Waals surface area contributed by atoms with E-state index in [1.54, 1.807) is 30.3 Å². The molecule has 0 bridgehead atoms. The highest BCUT2D eigenvalue weighted by atomic mass is 32.1. The molecule has 3 amide bonds. The summed E-state index contributed by atoms with van der Waals surface area (Å²) in [7, 11) is 0. The van der Waals surface area contributed by atoms with Gasteiger partial charge >= 0.3 is 6.03 Å². The summed E-state index contributed by atoms with van der Waals surface area (Å²) in [5, 5.41) is 2.75. The van der Waals surface area contributed by atoms with Crippen LogP contribution in [-0.4, -0.2) is 11.9 Å². The third kappa shape index (κ3) is 2.38. The second-order valence-corrected chi connectivity index (χ2v) is 4.78. The van der Waals surface area contributed by atoms with Gasteiger partial charge in [0, 0.05) is 0 Å². The number of rotatable bonds is 1. The standard InChI is InChI=1S/C14H11N3O3S/c15-14(19)17(21)8-5-6-11-9(7-8)13(18)16-10-3-1-2-4-12(10)20-11/h1-7,21H,(H2,15,19)(H,16,18). The summed E-state index contributed by atoms with van der Waals surface area (Å²) in [6.45, 7) is 0. The molecule has 106 valence electrons. The Labute approximate surface area is 126 Å². The van der Waals surface area contributed by atoms with Crippen LogP contribution in [0.2, 0.25) is 0 Å². The van der Waals surface area contributed by atoms with Crippen molar-refractivity contribution in [3.05, 3.63) is 48.0 Å². The Balaban J connectivity index is 2.06. The molecule has 0 saturated heterocycles. The molecule has 2 aromatic carbocycles. The van der Waals surface area contributed by atoms with E-state index in [4.69, 9.17) is 10.5 Å². The van der Waals surface area contributed by atoms with Crippen LogP contribution in [0.5, 0.6) is 11.5 Å². The van der Waals surface area contributed by atoms with Crippen LogP contribution in [0.4, 0.5) is 16.2 Å². The second kappa shape index (κ2) is 5.02. The van der Waals surface area contributed by atoms with Gasteiger partial charge in [-0.2, -0.15) is 0 Å². The summed E-state index contributed by atoms with van der Waals surface area (Å²) in [6.07, 6.45) is 0. The summed E-state index contributed by atoms with van der Waals surface area (Å²) in [5.41, 5.74) is 6.42. The summed E-state index contributed by atoms with van der Waals surface area (Å²) in [6, 6.07) is 11.1. The first-order chi connectivity index (χ1) is 10.1. The number of anilines is 2. The number of urea groups is 1. The molecule has 6 nitrogen and oxygen atoms in total. The lowest BCUT2D eigenvalue weighted by atomic mass is 10.1. The van der Waals surface area contributed by atoms with Crippen molar-refractivity contribution in [2.45, 2.75) is 0 Å². The summed E-state index contributed by atoms with van der Waals surface area (Å²) in [5.74, 6) is 0.616. The van der Waals surface area contributed by atoms with Crippen LogP contribution < -0.4 is 20.1 Å². The van der Waals surface area contributed by atoms with Crippen molar-refractivity contribution in [2.75, 3.05) is 9.62 Å². The lowest BCUT2D eigenvalue weighted by Crippen LogP contribution is -2.27. The number of hydrogen-bond acceptors (Lipinski definition) is 4. The Bertz CT molecular complexity index is 748. The molecule has 7 heteroatoms. The average Bonchev–Trinajstić information content (AvgIpc) is 2.62. The fourth-order valence-corrected chi connectivity index (χ4v) is 2.13. The van der Waals surface area contributed by atoms with Crippen LogP contribution in [0.15, 0.2) is 42.5 Å². The van der Waals surface area contributed by atoms with Crippen molar-refractivity contribution < 1.29 is 14.3 Å². The smallest absolute Gasteiger partial charge is 0.329 e. The Hall–Kier alpha value is -2.67. The maximum Gasteiger partial charge on any atom is 0.329 e. The van der Waals surface area contributed by atoms with Gasteiger partial charge in [0.2, 0.25) is 0 Å². The van der Waals surface area contributed by atoms with Gasteiger partial charge in [-0.15, -0.1) is 0 Å². The predicted octanol–water partition coefficient (Wildman–Crippen LogP) is 2.77. The zero-order chi connectivity index (χ0) is 15.0. The predicted molar refractivity (Wildman–Crippen MR) is 82.0 cm³/mol. The molecule has 3 N–H and O–H groups in total. The SMILES string of the molecule is NC(=O)N(S)c1ccc2c(c1)C(=O)Nc1ccccc1O2. The number of primary amides is 1. The van der Waals surface area contributed by atoms with E-state index < -0.39 is 6.03 Å². The van der Waals surface area contributed by atoms with Gasteiger partial charge in [-0.1, -0.05) is 24.9 Å². The summed E-state index contributed by atoms with van der Waals surface area (Å²) >= 11 is 3.97. The fourth-order valence-electron chi connectivity index (χ4n) is 2.01. The largest absolute Gasteiger partial charge is 0.454 e. The number of benzene rings is 2. The molecule has 0 atom stereocenters. The van der Waals surface area contributed by atoms with Crippen LogP contribution in [0.3, 0.4) is 0 Å². The molecular weight excluding hydrogens is 290 g/mol. The second-order valence-electron chi connectivity index (χ2n) is 4.38. The molecule has 21 heavy (non-hydrogen) atoms. The highest BCUT2D eigenvalue weighted by Crippen LogP contribution is 2.37. The minimum absolute atomic E-state index is 0.295. The molecule has 0 radical (unpaired) electrons. The molecule has 3 rings (SSSR count). The summed E-state index contributed by atoms with van der Waals surface area (Å²) < 4.78 is 6.68. The minimum Gasteiger partial charge on any atom is -0.454 e. The van der Waals surface area contributed by atoms with Gasteiger partial charge in [0.1, 0.15) is 5.75 Å². The molecule has 0 saturated carbocycles. The zero-order valence-electron chi connectivity index (χ0n) is 10.7. The number of fused-ring (bicyclic) bond motifs is 2. The fraction of sp³-hybridized carbons (Fsp3) is 0. The number of carbonyl (C=O) groups excluding carboxylic acids is 2. The Morgan fingerprint density at radius 1 is 1.19 bits per heavy atom. The average molecular weight is 301 g/mol. The number of nitrogens with zero attached hydrogens (tertiary/aromatic N) is 1. The van der Waals surface area contributed by atoms with Gasteiger partial charge in [0.05, 0.1) is 16.9 Å². The number of amides is 3. The van der Waals surface area contributed by atoms with Crippen LogP contribution in [0.1, 0.15) is 10.4 Å². The lowest BCUT2D eigenvalue weighted by molar-refractivity contribution is 0.102. The molecular formula is C14H11N3O3S. The number of thiol groups is 1. The molecule has 1 heterocycles. The minimum atomic E-state index is -0.739. The molecule has 0 aliphatic carbocycles. The van der Waals surface area contributed by atoms with Gasteiger partial charge in [-0.25, -0.2) is 9.10 Å². The van der Waals surface area contributed by atoms with Crippen molar-refractivity contribution in [1.82, 2.24) is 0 Å². The van der Waals surface area contributed by atoms with Crippen LogP contribution >= 0.6 is 12.8 Å². The topological polar surface area (TPSA) is 84.7 Å². The van der Waals surface area contributed by atoms with Crippen molar-refractivity contribution in [3.63, 3.8) is 0 Å². The first-order valence-electron chi connectivity index (χ1n) is 6.07. The highest BCUT2D eigenvalue weighted by molar-refractivity contribution is 7.82. The van der Waals surface area contributed by atoms with E-state index in [0.717, 1.165) is 4.31 Å². The van der Waals surface area contributed by atoms with Crippen LogP contribution in [-0.2, 0) is 0 Å². The van der Waals surface area contributed by atoms with Crippen molar-refractivity contribution in [3.8, 4) is 11.5 Å². The molecule has 0 unspecified atom stereocenters. The monoisotopic (exact) mass is 301 g/mol. The molecule has 0 fully saturated rings. The van der Waals surface area contributed by atoms with Gasteiger partial charge in [-0.3, -0.25) is 4.79 Å². The van der Waals surface area contributed by atoms with Gasteiger partial charge in [0.25, 0.3) is 5.91 Å². The van der Waals surface area contributed by atoms with E-state index in [-0.39, 0.29) is 5.91 Å². The van der Waals surface area contributed by atoms with Crippen molar-refractivity contribution >= 4 is 36.1 Å². The number of hydrogen-bond donors (Lipinski definition) is 3. The lowest BCUT2D eigenvalue weighted by Gasteiger charge is -2.14. The Morgan fingerprint density at radius 3 is 2.71 bits per heavy atom. The summed E-state index contributed by atoms with van der Waals surface area (Å²) in [4.78, 5) is 23.4. The van der Waals surface area contributed by atoms with Gasteiger partial charge in [-0.05, 0) is 30.3 Å². The van der Waals surface area contributed by atoms with Gasteiger partial charge < -0.3 is 15.8 Å². The Kier molecular flexibility index (Phi) is 3.19. The highest BCUT2D eigenvalue weighted by Gasteiger charge is 2.22. The van der Waals surface area contributed by atoms with E-state index >= 15 is 0 Å². The van der Waals surface area contributed by atoms with Gasteiger partial charge in [0.15, 0.2) is 5.75 Å². The van der Waals surface area contributed by atoms with Crippen LogP contribution in [0.25, 0.3) is 0 Å². The molecule has 0 spiro atoms. The van der Waals surface area contributed by atoms with E-state index in [0.29, 0.717) is 28.4 Å². The van der Waals surface area contributed by atoms with Crippen molar-refractivity contribution in [2.24, 2.45) is 5.73 Å². The van der Waals surface area contributed by atoms with Crippen LogP contribution in [0, 0.1) is 0 Å². The van der Waals surface area contributed by atoms with E-state index in [2.05, 4.69) is 18.1 Å². The number of nitrogens with one attached hydrogen (secondary N) is 1. The maximum atomic E-state index is 12.3. The van der Waals surface area contributed by atoms with E-state index in [1.165, 1.54) is 6.07 Å². The number of ether oxygens (including phenoxy) is 1. The Morgan fingerprint density at radius 2 is 1.95 bits per heavy atom. The normalized spacial score (nSPS) is 12.3. The molecule has 2 aromatic rings. The van der Waals surface area contributed by atoms with E-state index in [1.807, 2.05) is 6.07 Å². The van der Waals surface area contributed by atoms with Crippen molar-refractivity contribution in [1.29, 1.82) is 0 Å². The first-order valence-corrected chi connectivity index (χ1v) is 6.47. The number of para-hydroxylation sites is 2. The molecule has 1 aliphatic heterocycles. The number of nitrogens with two attached hydrogens (primary N) is 1. The molecule has 1 aliphatic rings. The zero-order valence-corrected chi connectivity index (χ0v) is 11.6. The quantitative estimate of drug-likeness (QED) is 0.708. The molecule has 0 aromatic heterocycles. The first kappa shape index (κ1) is 13.3. The third-order valence-corrected chi connectivity index (χ3v) is 3.44. The third-order valence-electron chi connectivity index (χ3n) is 3.02. The maximum absolute atomic E-state index is 12.3. The number of carbonyl (C=O) groups is 2.